The summed E-state index contributed by atoms with van der Waals surface area (Å²) in [4.78, 5) is 16.6. The maximum atomic E-state index is 11.8. The van der Waals surface area contributed by atoms with Crippen molar-refractivity contribution in [2.45, 2.75) is 20.4 Å². The summed E-state index contributed by atoms with van der Waals surface area (Å²) in [6.45, 7) is 10.2. The Morgan fingerprint density at radius 2 is 1.81 bits per heavy atom. The Morgan fingerprint density at radius 3 is 2.52 bits per heavy atom. The lowest BCUT2D eigenvalue weighted by Crippen LogP contribution is -2.46. The molecule has 0 amide bonds. The second-order valence-corrected chi connectivity index (χ2v) is 8.24. The van der Waals surface area contributed by atoms with Crippen LogP contribution >= 0.6 is 11.3 Å². The highest BCUT2D eigenvalue weighted by atomic mass is 32.1. The van der Waals surface area contributed by atoms with Crippen molar-refractivity contribution in [2.24, 2.45) is 0 Å². The molecule has 8 nitrogen and oxygen atoms in total. The first-order chi connectivity index (χ1) is 15.2. The zero-order chi connectivity index (χ0) is 21.6. The third-order valence-electron chi connectivity index (χ3n) is 5.40. The SMILES string of the molecule is CCOC(=O)c1ccc(NCc2cccn2-c2nnc(N3CCN(CC)CC3)s2)cc1. The van der Waals surface area contributed by atoms with Gasteiger partial charge in [-0.25, -0.2) is 4.79 Å². The van der Waals surface area contributed by atoms with Gasteiger partial charge in [-0.2, -0.15) is 0 Å². The number of ether oxygens (including phenoxy) is 1. The van der Waals surface area contributed by atoms with E-state index in [1.54, 1.807) is 30.4 Å². The van der Waals surface area contributed by atoms with Crippen molar-refractivity contribution in [1.29, 1.82) is 0 Å². The molecule has 1 aliphatic heterocycles. The molecule has 2 aromatic heterocycles. The number of carbonyl (C=O) groups excluding carboxylic acids is 1. The Bertz CT molecular complexity index is 992. The smallest absolute Gasteiger partial charge is 0.338 e. The van der Waals surface area contributed by atoms with Gasteiger partial charge in [0.1, 0.15) is 0 Å². The second-order valence-electron chi connectivity index (χ2n) is 7.31. The molecule has 0 aliphatic carbocycles. The number of nitrogens with one attached hydrogen (secondary N) is 1. The van der Waals surface area contributed by atoms with E-state index in [4.69, 9.17) is 4.74 Å². The highest BCUT2D eigenvalue weighted by Crippen LogP contribution is 2.25. The normalized spacial score (nSPS) is 14.6. The quantitative estimate of drug-likeness (QED) is 0.539. The number of benzene rings is 1. The van der Waals surface area contributed by atoms with E-state index in [2.05, 4.69) is 42.9 Å². The van der Waals surface area contributed by atoms with Crippen LogP contribution in [0.3, 0.4) is 0 Å². The highest BCUT2D eigenvalue weighted by Gasteiger charge is 2.20. The van der Waals surface area contributed by atoms with Crippen LogP contribution in [-0.4, -0.2) is 65.0 Å². The summed E-state index contributed by atoms with van der Waals surface area (Å²) in [7, 11) is 0. The van der Waals surface area contributed by atoms with E-state index in [9.17, 15) is 4.79 Å². The average molecular weight is 441 g/mol. The van der Waals surface area contributed by atoms with E-state index in [0.29, 0.717) is 18.7 Å². The van der Waals surface area contributed by atoms with Crippen LogP contribution in [0.1, 0.15) is 29.9 Å². The molecule has 1 aliphatic rings. The standard InChI is InChI=1S/C22H28N6O2S/c1-3-26-12-14-27(15-13-26)21-24-25-22(31-21)28-11-5-6-19(28)16-23-18-9-7-17(8-10-18)20(29)30-4-2/h5-11,23H,3-4,12-16H2,1-2H3. The molecule has 0 unspecified atom stereocenters. The first-order valence-electron chi connectivity index (χ1n) is 10.7. The van der Waals surface area contributed by atoms with Crippen molar-refractivity contribution in [2.75, 3.05) is 49.5 Å². The number of aromatic nitrogens is 3. The van der Waals surface area contributed by atoms with Gasteiger partial charge in [0.2, 0.25) is 10.3 Å². The van der Waals surface area contributed by atoms with Crippen molar-refractivity contribution >= 4 is 28.1 Å². The Hall–Kier alpha value is -2.91. The van der Waals surface area contributed by atoms with E-state index in [-0.39, 0.29) is 5.97 Å². The lowest BCUT2D eigenvalue weighted by atomic mass is 10.2. The molecule has 1 fully saturated rings. The minimum absolute atomic E-state index is 0.300. The molecule has 1 saturated heterocycles. The minimum atomic E-state index is -0.300. The average Bonchev–Trinajstić information content (AvgIpc) is 3.48. The summed E-state index contributed by atoms with van der Waals surface area (Å²) < 4.78 is 7.10. The Labute approximate surface area is 186 Å². The molecule has 164 valence electrons. The van der Waals surface area contributed by atoms with Crippen LogP contribution in [0.15, 0.2) is 42.6 Å². The van der Waals surface area contributed by atoms with Crippen LogP contribution in [0.2, 0.25) is 0 Å². The molecule has 1 N–H and O–H groups in total. The molecule has 0 atom stereocenters. The van der Waals surface area contributed by atoms with Gasteiger partial charge in [0, 0.05) is 43.8 Å². The van der Waals surface area contributed by atoms with Gasteiger partial charge in [-0.05, 0) is 49.9 Å². The molecule has 0 bridgehead atoms. The molecule has 31 heavy (non-hydrogen) atoms. The number of nitrogens with zero attached hydrogens (tertiary/aromatic N) is 5. The van der Waals surface area contributed by atoms with E-state index in [1.807, 2.05) is 24.4 Å². The van der Waals surface area contributed by atoms with Crippen molar-refractivity contribution in [3.8, 4) is 5.13 Å². The molecule has 9 heteroatoms. The van der Waals surface area contributed by atoms with Gasteiger partial charge in [-0.1, -0.05) is 18.3 Å². The van der Waals surface area contributed by atoms with Crippen molar-refractivity contribution in [1.82, 2.24) is 19.7 Å². The van der Waals surface area contributed by atoms with Gasteiger partial charge in [0.25, 0.3) is 0 Å². The summed E-state index contributed by atoms with van der Waals surface area (Å²) in [6, 6.07) is 11.4. The van der Waals surface area contributed by atoms with Crippen molar-refractivity contribution < 1.29 is 9.53 Å². The fourth-order valence-corrected chi connectivity index (χ4v) is 4.48. The third kappa shape index (κ3) is 5.05. The van der Waals surface area contributed by atoms with Crippen LogP contribution < -0.4 is 10.2 Å². The van der Waals surface area contributed by atoms with Gasteiger partial charge in [-0.3, -0.25) is 4.57 Å². The maximum Gasteiger partial charge on any atom is 0.338 e. The van der Waals surface area contributed by atoms with E-state index < -0.39 is 0 Å². The molecule has 4 rings (SSSR count). The van der Waals surface area contributed by atoms with Crippen molar-refractivity contribution in [3.63, 3.8) is 0 Å². The monoisotopic (exact) mass is 440 g/mol. The summed E-state index contributed by atoms with van der Waals surface area (Å²) in [5.41, 5.74) is 2.58. The third-order valence-corrected chi connectivity index (χ3v) is 6.39. The van der Waals surface area contributed by atoms with Crippen LogP contribution in [0, 0.1) is 0 Å². The number of esters is 1. The first kappa shape index (κ1) is 21.3. The fourth-order valence-electron chi connectivity index (χ4n) is 3.57. The predicted molar refractivity (Wildman–Crippen MR) is 123 cm³/mol. The topological polar surface area (TPSA) is 75.5 Å². The minimum Gasteiger partial charge on any atom is -0.462 e. The summed E-state index contributed by atoms with van der Waals surface area (Å²) in [6.07, 6.45) is 2.01. The van der Waals surface area contributed by atoms with Crippen LogP contribution in [0.4, 0.5) is 10.8 Å². The molecule has 3 heterocycles. The zero-order valence-electron chi connectivity index (χ0n) is 18.0. The number of carbonyl (C=O) groups is 1. The molecule has 0 spiro atoms. The molecule has 1 aromatic carbocycles. The van der Waals surface area contributed by atoms with E-state index in [0.717, 1.165) is 54.4 Å². The van der Waals surface area contributed by atoms with Gasteiger partial charge in [-0.15, -0.1) is 10.2 Å². The van der Waals surface area contributed by atoms with Gasteiger partial charge < -0.3 is 19.9 Å². The molecular weight excluding hydrogens is 412 g/mol. The summed E-state index contributed by atoms with van der Waals surface area (Å²) in [5.74, 6) is -0.300. The van der Waals surface area contributed by atoms with Gasteiger partial charge >= 0.3 is 5.97 Å². The first-order valence-corrected chi connectivity index (χ1v) is 11.5. The van der Waals surface area contributed by atoms with Crippen LogP contribution in [0.25, 0.3) is 5.13 Å². The highest BCUT2D eigenvalue weighted by molar-refractivity contribution is 7.17. The number of piperazine rings is 1. The van der Waals surface area contributed by atoms with E-state index >= 15 is 0 Å². The van der Waals surface area contributed by atoms with Crippen LogP contribution in [0.5, 0.6) is 0 Å². The van der Waals surface area contributed by atoms with Gasteiger partial charge in [0.15, 0.2) is 0 Å². The number of rotatable bonds is 8. The lowest BCUT2D eigenvalue weighted by Gasteiger charge is -2.33. The predicted octanol–water partition coefficient (Wildman–Crippen LogP) is 3.26. The number of hydrogen-bond acceptors (Lipinski definition) is 8. The zero-order valence-corrected chi connectivity index (χ0v) is 18.8. The molecule has 3 aromatic rings. The van der Waals surface area contributed by atoms with Crippen molar-refractivity contribution in [3.05, 3.63) is 53.9 Å². The Balaban J connectivity index is 1.38. The van der Waals surface area contributed by atoms with E-state index in [1.165, 1.54) is 0 Å². The summed E-state index contributed by atoms with van der Waals surface area (Å²) in [5, 5.41) is 14.1. The number of anilines is 2. The molecule has 0 radical (unpaired) electrons. The maximum absolute atomic E-state index is 11.8. The van der Waals surface area contributed by atoms with Crippen LogP contribution in [-0.2, 0) is 11.3 Å². The Kier molecular flexibility index (Phi) is 6.83. The number of likely N-dealkylation sites (N-methyl/N-ethyl adjacent to an activating group) is 1. The lowest BCUT2D eigenvalue weighted by molar-refractivity contribution is 0.0526. The molecule has 0 saturated carbocycles. The molecular formula is C22H28N6O2S. The number of hydrogen-bond donors (Lipinski definition) is 1. The Morgan fingerprint density at radius 1 is 1.06 bits per heavy atom. The fraction of sp³-hybridized carbons (Fsp3) is 0.409. The largest absolute Gasteiger partial charge is 0.462 e. The second kappa shape index (κ2) is 9.93. The van der Waals surface area contributed by atoms with Gasteiger partial charge in [0.05, 0.1) is 18.7 Å². The summed E-state index contributed by atoms with van der Waals surface area (Å²) >= 11 is 1.62.